The highest BCUT2D eigenvalue weighted by atomic mass is 16.5. The number of hydrogen-bond acceptors (Lipinski definition) is 4. The minimum atomic E-state index is -0.576. The van der Waals surface area contributed by atoms with E-state index in [1.165, 1.54) is 19.3 Å². The number of rotatable bonds is 5. The van der Waals surface area contributed by atoms with E-state index in [1.807, 2.05) is 48.5 Å². The minimum Gasteiger partial charge on any atom is -0.454 e. The zero-order valence-electron chi connectivity index (χ0n) is 20.0. The van der Waals surface area contributed by atoms with Crippen LogP contribution < -0.4 is 10.2 Å². The molecule has 1 N–H and O–H groups in total. The third-order valence-electron chi connectivity index (χ3n) is 8.65. The first-order chi connectivity index (χ1) is 17.0. The number of para-hydroxylation sites is 2. The van der Waals surface area contributed by atoms with Gasteiger partial charge in [-0.05, 0) is 92.4 Å². The number of amides is 2. The van der Waals surface area contributed by atoms with Crippen LogP contribution in [0.4, 0.5) is 11.4 Å². The van der Waals surface area contributed by atoms with E-state index in [4.69, 9.17) is 4.74 Å². The van der Waals surface area contributed by atoms with E-state index in [-0.39, 0.29) is 30.4 Å². The maximum Gasteiger partial charge on any atom is 0.325 e. The molecule has 7 rings (SSSR count). The van der Waals surface area contributed by atoms with Crippen LogP contribution in [0, 0.1) is 23.2 Å². The van der Waals surface area contributed by atoms with Crippen molar-refractivity contribution < 1.29 is 19.1 Å². The summed E-state index contributed by atoms with van der Waals surface area (Å²) in [5.74, 6) is 1.11. The summed E-state index contributed by atoms with van der Waals surface area (Å²) in [5.41, 5.74) is 3.53. The molecule has 2 amide bonds. The summed E-state index contributed by atoms with van der Waals surface area (Å²) in [6.07, 6.45) is 8.32. The standard InChI is InChI=1S/C29H32N2O4/c32-26(31-24-7-3-1-5-22(24)9-10-23-6-2-4-8-25(23)31)18-35-27(33)17-30-28(34)29-14-19-11-20(15-29)13-21(12-19)16-29/h1-8,19-21H,9-18H2,(H,30,34). The zero-order chi connectivity index (χ0) is 24.0. The number of ether oxygens (including phenoxy) is 1. The fourth-order valence-electron chi connectivity index (χ4n) is 7.54. The molecule has 1 aliphatic heterocycles. The van der Waals surface area contributed by atoms with Gasteiger partial charge in [-0.15, -0.1) is 0 Å². The second-order valence-electron chi connectivity index (χ2n) is 11.0. The van der Waals surface area contributed by atoms with Crippen LogP contribution in [-0.2, 0) is 32.0 Å². The van der Waals surface area contributed by atoms with Crippen molar-refractivity contribution in [3.63, 3.8) is 0 Å². The van der Waals surface area contributed by atoms with E-state index in [1.54, 1.807) is 4.90 Å². The largest absolute Gasteiger partial charge is 0.454 e. The Morgan fingerprint density at radius 2 is 1.34 bits per heavy atom. The number of nitrogens with zero attached hydrogens (tertiary/aromatic N) is 1. The molecule has 5 aliphatic rings. The molecule has 0 radical (unpaired) electrons. The molecule has 2 aromatic carbocycles. The number of carbonyl (C=O) groups excluding carboxylic acids is 3. The highest BCUT2D eigenvalue weighted by Crippen LogP contribution is 2.60. The van der Waals surface area contributed by atoms with E-state index in [0.717, 1.165) is 54.6 Å². The SMILES string of the molecule is O=C(CNC(=O)C12CC3CC(CC(C3)C1)C2)OCC(=O)N1c2ccccc2CCc2ccccc21. The van der Waals surface area contributed by atoms with Crippen molar-refractivity contribution in [2.24, 2.45) is 23.2 Å². The predicted octanol–water partition coefficient (Wildman–Crippen LogP) is 4.33. The summed E-state index contributed by atoms with van der Waals surface area (Å²) in [4.78, 5) is 40.6. The molecule has 4 saturated carbocycles. The summed E-state index contributed by atoms with van der Waals surface area (Å²) >= 11 is 0. The summed E-state index contributed by atoms with van der Waals surface area (Å²) in [6.45, 7) is -0.560. The van der Waals surface area contributed by atoms with Gasteiger partial charge in [-0.25, -0.2) is 0 Å². The van der Waals surface area contributed by atoms with Gasteiger partial charge in [0.05, 0.1) is 11.4 Å². The maximum absolute atomic E-state index is 13.3. The van der Waals surface area contributed by atoms with Gasteiger partial charge in [0.15, 0.2) is 6.61 Å². The molecule has 0 saturated heterocycles. The number of nitrogens with one attached hydrogen (secondary N) is 1. The number of carbonyl (C=O) groups is 3. The van der Waals surface area contributed by atoms with Gasteiger partial charge in [-0.3, -0.25) is 19.3 Å². The summed E-state index contributed by atoms with van der Waals surface area (Å²) in [5, 5.41) is 2.85. The van der Waals surface area contributed by atoms with Gasteiger partial charge in [0.2, 0.25) is 5.91 Å². The first kappa shape index (κ1) is 22.3. The first-order valence-corrected chi connectivity index (χ1v) is 12.9. The van der Waals surface area contributed by atoms with Gasteiger partial charge in [0, 0.05) is 5.41 Å². The van der Waals surface area contributed by atoms with E-state index in [2.05, 4.69) is 5.32 Å². The normalized spacial score (nSPS) is 28.0. The molecule has 4 fully saturated rings. The summed E-state index contributed by atoms with van der Waals surface area (Å²) in [7, 11) is 0. The number of anilines is 2. The maximum atomic E-state index is 13.3. The molecule has 182 valence electrons. The number of benzene rings is 2. The van der Waals surface area contributed by atoms with Gasteiger partial charge in [-0.1, -0.05) is 36.4 Å². The molecule has 4 bridgehead atoms. The van der Waals surface area contributed by atoms with Crippen LogP contribution in [0.1, 0.15) is 49.7 Å². The van der Waals surface area contributed by atoms with Gasteiger partial charge in [0.25, 0.3) is 5.91 Å². The number of aryl methyl sites for hydroxylation is 2. The van der Waals surface area contributed by atoms with Crippen molar-refractivity contribution in [2.45, 2.75) is 51.4 Å². The lowest BCUT2D eigenvalue weighted by Gasteiger charge is -2.55. The van der Waals surface area contributed by atoms with Crippen LogP contribution in [0.3, 0.4) is 0 Å². The molecule has 0 unspecified atom stereocenters. The molecule has 6 nitrogen and oxygen atoms in total. The molecule has 6 heteroatoms. The van der Waals surface area contributed by atoms with Crippen molar-refractivity contribution >= 4 is 29.2 Å². The molecule has 1 heterocycles. The smallest absolute Gasteiger partial charge is 0.325 e. The Labute approximate surface area is 206 Å². The first-order valence-electron chi connectivity index (χ1n) is 12.9. The van der Waals surface area contributed by atoms with Gasteiger partial charge in [0.1, 0.15) is 6.54 Å². The van der Waals surface area contributed by atoms with Gasteiger partial charge in [-0.2, -0.15) is 0 Å². The molecule has 2 aromatic rings. The third-order valence-corrected chi connectivity index (χ3v) is 8.65. The second kappa shape index (κ2) is 8.81. The van der Waals surface area contributed by atoms with Crippen molar-refractivity contribution in [1.82, 2.24) is 5.32 Å². The Morgan fingerprint density at radius 3 is 1.89 bits per heavy atom. The Balaban J connectivity index is 1.09. The van der Waals surface area contributed by atoms with E-state index < -0.39 is 5.97 Å². The average molecular weight is 473 g/mol. The summed E-state index contributed by atoms with van der Waals surface area (Å²) in [6, 6.07) is 15.7. The van der Waals surface area contributed by atoms with Crippen LogP contribution in [0.25, 0.3) is 0 Å². The van der Waals surface area contributed by atoms with Crippen molar-refractivity contribution in [2.75, 3.05) is 18.1 Å². The van der Waals surface area contributed by atoms with Gasteiger partial charge < -0.3 is 10.1 Å². The molecular formula is C29H32N2O4. The fraction of sp³-hybridized carbons (Fsp3) is 0.483. The lowest BCUT2D eigenvalue weighted by Crippen LogP contribution is -2.54. The topological polar surface area (TPSA) is 75.7 Å². The lowest BCUT2D eigenvalue weighted by atomic mass is 9.49. The number of hydrogen-bond donors (Lipinski definition) is 1. The van der Waals surface area contributed by atoms with Gasteiger partial charge >= 0.3 is 5.97 Å². The molecule has 0 spiro atoms. The predicted molar refractivity (Wildman–Crippen MR) is 132 cm³/mol. The van der Waals surface area contributed by atoms with Crippen molar-refractivity contribution in [3.8, 4) is 0 Å². The Hall–Kier alpha value is -3.15. The number of esters is 1. The Bertz CT molecular complexity index is 1090. The van der Waals surface area contributed by atoms with Crippen molar-refractivity contribution in [3.05, 3.63) is 59.7 Å². The van der Waals surface area contributed by atoms with E-state index in [0.29, 0.717) is 17.8 Å². The van der Waals surface area contributed by atoms with Crippen LogP contribution >= 0.6 is 0 Å². The molecular weight excluding hydrogens is 440 g/mol. The molecule has 4 aliphatic carbocycles. The fourth-order valence-corrected chi connectivity index (χ4v) is 7.54. The third kappa shape index (κ3) is 4.13. The Morgan fingerprint density at radius 1 is 0.829 bits per heavy atom. The van der Waals surface area contributed by atoms with Crippen LogP contribution in [0.2, 0.25) is 0 Å². The van der Waals surface area contributed by atoms with E-state index in [9.17, 15) is 14.4 Å². The second-order valence-corrected chi connectivity index (χ2v) is 11.0. The van der Waals surface area contributed by atoms with Crippen LogP contribution in [0.15, 0.2) is 48.5 Å². The molecule has 35 heavy (non-hydrogen) atoms. The molecule has 0 aromatic heterocycles. The average Bonchev–Trinajstić information content (AvgIpc) is 3.02. The number of fused-ring (bicyclic) bond motifs is 2. The lowest BCUT2D eigenvalue weighted by molar-refractivity contribution is -0.152. The molecule has 0 atom stereocenters. The quantitative estimate of drug-likeness (QED) is 0.658. The van der Waals surface area contributed by atoms with Crippen molar-refractivity contribution in [1.29, 1.82) is 0 Å². The van der Waals surface area contributed by atoms with Crippen LogP contribution in [0.5, 0.6) is 0 Å². The Kier molecular flexibility index (Phi) is 5.62. The van der Waals surface area contributed by atoms with Crippen LogP contribution in [-0.4, -0.2) is 30.9 Å². The minimum absolute atomic E-state index is 0.00440. The highest BCUT2D eigenvalue weighted by Gasteiger charge is 2.54. The monoisotopic (exact) mass is 472 g/mol. The zero-order valence-corrected chi connectivity index (χ0v) is 20.0. The van der Waals surface area contributed by atoms with E-state index >= 15 is 0 Å². The highest BCUT2D eigenvalue weighted by molar-refractivity contribution is 6.03. The summed E-state index contributed by atoms with van der Waals surface area (Å²) < 4.78 is 5.35.